The van der Waals surface area contributed by atoms with Gasteiger partial charge in [-0.1, -0.05) is 35.9 Å². The zero-order chi connectivity index (χ0) is 12.8. The number of aliphatic imine (C=N–C) groups is 1. The molecule has 0 bridgehead atoms. The molecule has 2 nitrogen and oxygen atoms in total. The van der Waals surface area contributed by atoms with Crippen molar-refractivity contribution in [1.29, 1.82) is 0 Å². The molecule has 3 heteroatoms. The highest BCUT2D eigenvalue weighted by atomic mass is 35.5. The topological polar surface area (TPSA) is 15.6 Å². The highest BCUT2D eigenvalue weighted by Gasteiger charge is 2.34. The first-order chi connectivity index (χ1) is 9.34. The monoisotopic (exact) mass is 268 g/mol. The summed E-state index contributed by atoms with van der Waals surface area (Å²) in [5.41, 5.74) is 4.31. The Labute approximate surface area is 117 Å². The van der Waals surface area contributed by atoms with Gasteiger partial charge in [0.05, 0.1) is 17.1 Å². The van der Waals surface area contributed by atoms with Crippen molar-refractivity contribution >= 4 is 33.8 Å². The van der Waals surface area contributed by atoms with E-state index in [2.05, 4.69) is 34.2 Å². The molecule has 4 rings (SSSR count). The first kappa shape index (κ1) is 11.1. The Morgan fingerprint density at radius 1 is 0.947 bits per heavy atom. The van der Waals surface area contributed by atoms with E-state index in [1.54, 1.807) is 0 Å². The fourth-order valence-electron chi connectivity index (χ4n) is 2.64. The molecular formula is C16H13ClN2. The molecular weight excluding hydrogens is 256 g/mol. The molecule has 1 aliphatic heterocycles. The maximum atomic E-state index is 6.39. The second-order valence-corrected chi connectivity index (χ2v) is 5.37. The van der Waals surface area contributed by atoms with E-state index in [1.165, 1.54) is 18.5 Å². The van der Waals surface area contributed by atoms with Gasteiger partial charge in [0.2, 0.25) is 0 Å². The molecule has 2 aliphatic rings. The second-order valence-electron chi connectivity index (χ2n) is 5.01. The van der Waals surface area contributed by atoms with Crippen molar-refractivity contribution in [2.75, 3.05) is 4.90 Å². The summed E-state index contributed by atoms with van der Waals surface area (Å²) in [4.78, 5) is 6.97. The van der Waals surface area contributed by atoms with Crippen molar-refractivity contribution < 1.29 is 0 Å². The summed E-state index contributed by atoms with van der Waals surface area (Å²) in [5, 5.41) is 0.575. The van der Waals surface area contributed by atoms with Crippen molar-refractivity contribution in [3.8, 4) is 0 Å². The van der Waals surface area contributed by atoms with Gasteiger partial charge in [0.25, 0.3) is 0 Å². The maximum Gasteiger partial charge on any atom is 0.139 e. The van der Waals surface area contributed by atoms with E-state index < -0.39 is 0 Å². The van der Waals surface area contributed by atoms with Gasteiger partial charge in [-0.15, -0.1) is 0 Å². The Morgan fingerprint density at radius 3 is 2.42 bits per heavy atom. The smallest absolute Gasteiger partial charge is 0.139 e. The molecule has 1 heterocycles. The quantitative estimate of drug-likeness (QED) is 0.737. The summed E-state index contributed by atoms with van der Waals surface area (Å²) in [6.07, 6.45) is 2.47. The highest BCUT2D eigenvalue weighted by molar-refractivity contribution is 6.70. The minimum Gasteiger partial charge on any atom is -0.336 e. The zero-order valence-corrected chi connectivity index (χ0v) is 11.1. The fraction of sp³-hybridized carbons (Fsp3) is 0.188. The molecule has 0 spiro atoms. The van der Waals surface area contributed by atoms with Crippen LogP contribution in [0.4, 0.5) is 17.1 Å². The number of nitrogens with zero attached hydrogens (tertiary/aromatic N) is 2. The van der Waals surface area contributed by atoms with Crippen LogP contribution in [0.3, 0.4) is 0 Å². The third-order valence-corrected chi connectivity index (χ3v) is 3.95. The van der Waals surface area contributed by atoms with Gasteiger partial charge < -0.3 is 4.90 Å². The molecule has 1 saturated carbocycles. The average molecular weight is 269 g/mol. The number of benzene rings is 2. The largest absolute Gasteiger partial charge is 0.336 e. The van der Waals surface area contributed by atoms with Crippen LogP contribution < -0.4 is 4.90 Å². The predicted molar refractivity (Wildman–Crippen MR) is 80.1 cm³/mol. The summed E-state index contributed by atoms with van der Waals surface area (Å²) >= 11 is 6.39. The fourth-order valence-corrected chi connectivity index (χ4v) is 2.89. The number of fused-ring (bicyclic) bond motifs is 2. The van der Waals surface area contributed by atoms with Gasteiger partial charge in [0.15, 0.2) is 0 Å². The van der Waals surface area contributed by atoms with Crippen LogP contribution in [-0.4, -0.2) is 11.2 Å². The summed E-state index contributed by atoms with van der Waals surface area (Å²) in [6, 6.07) is 17.1. The molecule has 2 aromatic carbocycles. The summed E-state index contributed by atoms with van der Waals surface area (Å²) in [5.74, 6) is 0. The van der Waals surface area contributed by atoms with E-state index in [-0.39, 0.29) is 0 Å². The van der Waals surface area contributed by atoms with Crippen LogP contribution in [0.15, 0.2) is 53.5 Å². The minimum atomic E-state index is 0.575. The Kier molecular flexibility index (Phi) is 2.39. The van der Waals surface area contributed by atoms with Gasteiger partial charge in [-0.25, -0.2) is 4.99 Å². The Bertz CT molecular complexity index is 674. The van der Waals surface area contributed by atoms with Crippen LogP contribution in [0.1, 0.15) is 18.4 Å². The lowest BCUT2D eigenvalue weighted by molar-refractivity contribution is 0.971. The van der Waals surface area contributed by atoms with E-state index in [4.69, 9.17) is 11.6 Å². The van der Waals surface area contributed by atoms with Gasteiger partial charge in [-0.3, -0.25) is 0 Å². The first-order valence-electron chi connectivity index (χ1n) is 6.56. The van der Waals surface area contributed by atoms with E-state index in [9.17, 15) is 0 Å². The molecule has 0 atom stereocenters. The average Bonchev–Trinajstić information content (AvgIpc) is 3.26. The van der Waals surface area contributed by atoms with Crippen LogP contribution >= 0.6 is 11.6 Å². The van der Waals surface area contributed by atoms with E-state index in [0.717, 1.165) is 16.9 Å². The third kappa shape index (κ3) is 1.75. The van der Waals surface area contributed by atoms with Crippen LogP contribution in [0, 0.1) is 0 Å². The summed E-state index contributed by atoms with van der Waals surface area (Å²) < 4.78 is 0. The molecule has 1 aliphatic carbocycles. The highest BCUT2D eigenvalue weighted by Crippen LogP contribution is 2.45. The number of hydrogen-bond donors (Lipinski definition) is 0. The zero-order valence-electron chi connectivity index (χ0n) is 10.4. The van der Waals surface area contributed by atoms with Crippen molar-refractivity contribution in [1.82, 2.24) is 0 Å². The van der Waals surface area contributed by atoms with Gasteiger partial charge in [0, 0.05) is 11.6 Å². The predicted octanol–water partition coefficient (Wildman–Crippen LogP) is 4.62. The minimum absolute atomic E-state index is 0.575. The normalized spacial score (nSPS) is 17.3. The number of halogens is 1. The van der Waals surface area contributed by atoms with E-state index >= 15 is 0 Å². The Hall–Kier alpha value is -1.80. The first-order valence-corrected chi connectivity index (χ1v) is 6.94. The maximum absolute atomic E-state index is 6.39. The lowest BCUT2D eigenvalue weighted by Crippen LogP contribution is -2.20. The Morgan fingerprint density at radius 2 is 1.63 bits per heavy atom. The Balaban J connectivity index is 2.02. The van der Waals surface area contributed by atoms with Crippen molar-refractivity contribution in [3.63, 3.8) is 0 Å². The van der Waals surface area contributed by atoms with E-state index in [1.807, 2.05) is 24.3 Å². The SMILES string of the molecule is ClC1=Nc2ccccc2N(C2CC2)c2ccccc21. The van der Waals surface area contributed by atoms with Gasteiger partial charge in [-0.05, 0) is 37.1 Å². The molecule has 0 radical (unpaired) electrons. The van der Waals surface area contributed by atoms with Crippen LogP contribution in [-0.2, 0) is 0 Å². The lowest BCUT2D eigenvalue weighted by Gasteiger charge is -2.26. The lowest BCUT2D eigenvalue weighted by atomic mass is 10.1. The summed E-state index contributed by atoms with van der Waals surface area (Å²) in [6.45, 7) is 0. The van der Waals surface area contributed by atoms with Gasteiger partial charge in [0.1, 0.15) is 5.17 Å². The van der Waals surface area contributed by atoms with Gasteiger partial charge in [-0.2, -0.15) is 0 Å². The molecule has 0 amide bonds. The van der Waals surface area contributed by atoms with Crippen LogP contribution in [0.5, 0.6) is 0 Å². The standard InChI is InChI=1S/C16H13ClN2/c17-16-12-5-1-3-7-14(12)19(11-9-10-11)15-8-4-2-6-13(15)18-16/h1-8,11H,9-10H2. The van der Waals surface area contributed by atoms with E-state index in [0.29, 0.717) is 11.2 Å². The molecule has 0 N–H and O–H groups in total. The van der Waals surface area contributed by atoms with Crippen molar-refractivity contribution in [2.45, 2.75) is 18.9 Å². The van der Waals surface area contributed by atoms with Crippen molar-refractivity contribution in [3.05, 3.63) is 54.1 Å². The van der Waals surface area contributed by atoms with Gasteiger partial charge >= 0.3 is 0 Å². The molecule has 2 aromatic rings. The summed E-state index contributed by atoms with van der Waals surface area (Å²) in [7, 11) is 0. The van der Waals surface area contributed by atoms with Crippen LogP contribution in [0.25, 0.3) is 0 Å². The molecule has 1 fully saturated rings. The van der Waals surface area contributed by atoms with Crippen molar-refractivity contribution in [2.24, 2.45) is 4.99 Å². The van der Waals surface area contributed by atoms with Crippen LogP contribution in [0.2, 0.25) is 0 Å². The molecule has 19 heavy (non-hydrogen) atoms. The third-order valence-electron chi connectivity index (χ3n) is 3.66. The number of hydrogen-bond acceptors (Lipinski definition) is 2. The second kappa shape index (κ2) is 4.10. The molecule has 0 unspecified atom stereocenters. The molecule has 0 saturated heterocycles. The molecule has 94 valence electrons. The number of para-hydroxylation sites is 3. The number of anilines is 2. The molecule has 0 aromatic heterocycles. The number of rotatable bonds is 1.